The Hall–Kier alpha value is -2.87. The van der Waals surface area contributed by atoms with Crippen LogP contribution in [0.2, 0.25) is 0 Å². The van der Waals surface area contributed by atoms with Crippen molar-refractivity contribution >= 4 is 39.1 Å². The molecule has 0 aliphatic carbocycles. The lowest BCUT2D eigenvalue weighted by Crippen LogP contribution is -2.33. The summed E-state index contributed by atoms with van der Waals surface area (Å²) in [7, 11) is 0. The number of fused-ring (bicyclic) bond motifs is 1. The van der Waals surface area contributed by atoms with Crippen LogP contribution in [-0.2, 0) is 4.79 Å². The second-order valence-electron chi connectivity index (χ2n) is 7.98. The van der Waals surface area contributed by atoms with E-state index < -0.39 is 0 Å². The van der Waals surface area contributed by atoms with Gasteiger partial charge in [0.1, 0.15) is 11.9 Å². The van der Waals surface area contributed by atoms with Crippen LogP contribution in [0, 0.1) is 6.92 Å². The molecule has 0 spiro atoms. The minimum Gasteiger partial charge on any atom is -0.472 e. The van der Waals surface area contributed by atoms with Crippen molar-refractivity contribution in [3.05, 3.63) is 42.1 Å². The zero-order valence-corrected chi connectivity index (χ0v) is 18.6. The number of amides is 1. The van der Waals surface area contributed by atoms with E-state index in [1.54, 1.807) is 16.2 Å². The number of anilines is 2. The van der Waals surface area contributed by atoms with E-state index in [0.717, 1.165) is 27.3 Å². The van der Waals surface area contributed by atoms with Gasteiger partial charge in [-0.05, 0) is 39.8 Å². The number of carbonyl (C=O) groups excluding carboxylic acids is 1. The van der Waals surface area contributed by atoms with Crippen LogP contribution in [0.3, 0.4) is 0 Å². The maximum atomic E-state index is 12.1. The Morgan fingerprint density at radius 3 is 2.93 bits per heavy atom. The highest BCUT2D eigenvalue weighted by Gasteiger charge is 2.33. The molecule has 1 fully saturated rings. The quantitative estimate of drug-likeness (QED) is 0.581. The molecule has 158 valence electrons. The van der Waals surface area contributed by atoms with Gasteiger partial charge in [-0.1, -0.05) is 6.58 Å². The van der Waals surface area contributed by atoms with Crippen LogP contribution >= 0.6 is 11.3 Å². The van der Waals surface area contributed by atoms with Crippen LogP contribution in [-0.4, -0.2) is 44.0 Å². The van der Waals surface area contributed by atoms with Crippen LogP contribution in [0.4, 0.5) is 10.9 Å². The molecule has 1 amide bonds. The van der Waals surface area contributed by atoms with E-state index in [2.05, 4.69) is 41.5 Å². The van der Waals surface area contributed by atoms with E-state index in [0.29, 0.717) is 24.3 Å². The number of nitrogens with zero attached hydrogens (tertiary/aromatic N) is 4. The first-order valence-corrected chi connectivity index (χ1v) is 11.0. The molecule has 0 radical (unpaired) electrons. The molecule has 0 bridgehead atoms. The molecule has 1 aliphatic heterocycles. The summed E-state index contributed by atoms with van der Waals surface area (Å²) in [6.07, 6.45) is 5.91. The van der Waals surface area contributed by atoms with E-state index in [4.69, 9.17) is 9.72 Å². The number of aromatic nitrogens is 3. The third-order valence-electron chi connectivity index (χ3n) is 5.37. The molecule has 0 unspecified atom stereocenters. The summed E-state index contributed by atoms with van der Waals surface area (Å²) in [6.45, 7) is 12.5. The first-order chi connectivity index (χ1) is 14.4. The molecule has 4 heterocycles. The molecule has 4 rings (SSSR count). The molecular weight excluding hydrogens is 398 g/mol. The number of carbonyl (C=O) groups is 1. The average Bonchev–Trinajstić information content (AvgIpc) is 3.40. The van der Waals surface area contributed by atoms with Crippen LogP contribution in [0.25, 0.3) is 10.9 Å². The Morgan fingerprint density at radius 1 is 1.47 bits per heavy atom. The molecule has 0 saturated carbocycles. The summed E-state index contributed by atoms with van der Waals surface area (Å²) in [5.74, 6) is 1.21. The first kappa shape index (κ1) is 20.4. The molecule has 1 N–H and O–H groups in total. The predicted octanol–water partition coefficient (Wildman–Crippen LogP) is 4.68. The lowest BCUT2D eigenvalue weighted by molar-refractivity contribution is -0.126. The molecule has 7 nitrogen and oxygen atoms in total. The molecule has 3 aromatic rings. The summed E-state index contributed by atoms with van der Waals surface area (Å²) < 4.78 is 8.55. The number of aryl methyl sites for hydroxylation is 1. The lowest BCUT2D eigenvalue weighted by Gasteiger charge is -2.19. The van der Waals surface area contributed by atoms with Crippen LogP contribution in [0.1, 0.15) is 38.1 Å². The normalized spacial score (nSPS) is 18.9. The van der Waals surface area contributed by atoms with Gasteiger partial charge in [0.05, 0.1) is 17.4 Å². The van der Waals surface area contributed by atoms with Gasteiger partial charge in [-0.2, -0.15) is 4.98 Å². The fraction of sp³-hybridized carbons (Fsp3) is 0.409. The largest absolute Gasteiger partial charge is 0.472 e. The number of nitrogens with one attached hydrogen (secondary N) is 1. The Labute approximate surface area is 180 Å². The second-order valence-corrected chi connectivity index (χ2v) is 9.22. The number of likely N-dealkylation sites (tertiary alicyclic amines) is 1. The van der Waals surface area contributed by atoms with Crippen LogP contribution in [0.15, 0.2) is 37.2 Å². The smallest absolute Gasteiger partial charge is 0.246 e. The van der Waals surface area contributed by atoms with Crippen molar-refractivity contribution in [3.8, 4) is 5.88 Å². The molecule has 3 aromatic heterocycles. The topological polar surface area (TPSA) is 72.3 Å². The van der Waals surface area contributed by atoms with Gasteiger partial charge in [0, 0.05) is 41.8 Å². The molecule has 1 aliphatic rings. The fourth-order valence-corrected chi connectivity index (χ4v) is 4.57. The highest BCUT2D eigenvalue weighted by atomic mass is 32.1. The van der Waals surface area contributed by atoms with Gasteiger partial charge in [-0.15, -0.1) is 11.3 Å². The number of hydrogen-bond acceptors (Lipinski definition) is 6. The predicted molar refractivity (Wildman–Crippen MR) is 121 cm³/mol. The van der Waals surface area contributed by atoms with Crippen molar-refractivity contribution in [2.75, 3.05) is 11.9 Å². The molecule has 30 heavy (non-hydrogen) atoms. The highest BCUT2D eigenvalue weighted by molar-refractivity contribution is 7.15. The molecular formula is C22H27N5O2S. The van der Waals surface area contributed by atoms with Crippen molar-refractivity contribution in [1.82, 2.24) is 19.4 Å². The van der Waals surface area contributed by atoms with E-state index >= 15 is 0 Å². The van der Waals surface area contributed by atoms with Gasteiger partial charge < -0.3 is 19.5 Å². The van der Waals surface area contributed by atoms with Crippen molar-refractivity contribution in [2.45, 2.75) is 52.3 Å². The van der Waals surface area contributed by atoms with E-state index in [-0.39, 0.29) is 18.1 Å². The minimum atomic E-state index is -0.112. The summed E-state index contributed by atoms with van der Waals surface area (Å²) in [4.78, 5) is 24.2. The van der Waals surface area contributed by atoms with Gasteiger partial charge in [-0.25, -0.2) is 4.98 Å². The number of hydrogen-bond donors (Lipinski definition) is 1. The Bertz CT molecular complexity index is 1090. The van der Waals surface area contributed by atoms with Crippen molar-refractivity contribution in [2.24, 2.45) is 0 Å². The standard InChI is InChI=1S/C22H27N5O2S/c1-6-20(28)27-12-16(9-14(27)4)29-21-17-7-8-26(13(2)3)18(17)10-19(24-21)25-22-23-11-15(5)30-22/h6-8,10-11,13-14,16H,1,9,12H2,2-5H3,(H,23,24,25)/t14-,16-/m0/s1. The van der Waals surface area contributed by atoms with Crippen LogP contribution < -0.4 is 10.1 Å². The molecule has 1 saturated heterocycles. The maximum Gasteiger partial charge on any atom is 0.246 e. The zero-order valence-electron chi connectivity index (χ0n) is 17.8. The number of rotatable bonds is 6. The third-order valence-corrected chi connectivity index (χ3v) is 6.19. The molecule has 8 heteroatoms. The maximum absolute atomic E-state index is 12.1. The summed E-state index contributed by atoms with van der Waals surface area (Å²) >= 11 is 1.58. The number of thiazole rings is 1. The monoisotopic (exact) mass is 425 g/mol. The molecule has 2 atom stereocenters. The number of ether oxygens (including phenoxy) is 1. The third kappa shape index (κ3) is 3.92. The van der Waals surface area contributed by atoms with Crippen molar-refractivity contribution < 1.29 is 9.53 Å². The average molecular weight is 426 g/mol. The van der Waals surface area contributed by atoms with E-state index in [1.165, 1.54) is 6.08 Å². The van der Waals surface area contributed by atoms with Gasteiger partial charge in [0.2, 0.25) is 11.8 Å². The van der Waals surface area contributed by atoms with Gasteiger partial charge in [-0.3, -0.25) is 4.79 Å². The summed E-state index contributed by atoms with van der Waals surface area (Å²) in [5, 5.41) is 5.07. The van der Waals surface area contributed by atoms with E-state index in [9.17, 15) is 4.79 Å². The van der Waals surface area contributed by atoms with Gasteiger partial charge in [0.15, 0.2) is 5.13 Å². The minimum absolute atomic E-state index is 0.0628. The van der Waals surface area contributed by atoms with Crippen molar-refractivity contribution in [1.29, 1.82) is 0 Å². The van der Waals surface area contributed by atoms with Gasteiger partial charge >= 0.3 is 0 Å². The Kier molecular flexibility index (Phi) is 5.51. The number of pyridine rings is 1. The lowest BCUT2D eigenvalue weighted by atomic mass is 10.2. The highest BCUT2D eigenvalue weighted by Crippen LogP contribution is 2.33. The van der Waals surface area contributed by atoms with E-state index in [1.807, 2.05) is 32.2 Å². The SMILES string of the molecule is C=CC(=O)N1C[C@@H](Oc2nc(Nc3ncc(C)s3)cc3c2ccn3C(C)C)C[C@@H]1C. The van der Waals surface area contributed by atoms with Crippen LogP contribution in [0.5, 0.6) is 5.88 Å². The zero-order chi connectivity index (χ0) is 21.4. The van der Waals surface area contributed by atoms with Gasteiger partial charge in [0.25, 0.3) is 0 Å². The summed E-state index contributed by atoms with van der Waals surface area (Å²) in [6, 6.07) is 4.49. The Morgan fingerprint density at radius 2 is 2.27 bits per heavy atom. The summed E-state index contributed by atoms with van der Waals surface area (Å²) in [5.41, 5.74) is 1.05. The second kappa shape index (κ2) is 8.10. The first-order valence-electron chi connectivity index (χ1n) is 10.2. The van der Waals surface area contributed by atoms with Crippen molar-refractivity contribution in [3.63, 3.8) is 0 Å². The Balaban J connectivity index is 1.67. The fourth-order valence-electron chi connectivity index (χ4n) is 3.90. The molecule has 0 aromatic carbocycles.